The number of fused-ring (bicyclic) bond motifs is 5. The summed E-state index contributed by atoms with van der Waals surface area (Å²) in [5.41, 5.74) is 5.55. The van der Waals surface area contributed by atoms with Gasteiger partial charge in [-0.3, -0.25) is 9.55 Å². The molecule has 2 aromatic carbocycles. The monoisotopic (exact) mass is 298 g/mol. The van der Waals surface area contributed by atoms with Crippen LogP contribution in [-0.2, 0) is 0 Å². The van der Waals surface area contributed by atoms with Crippen LogP contribution in [0.1, 0.15) is 11.7 Å². The van der Waals surface area contributed by atoms with E-state index in [0.717, 1.165) is 28.1 Å². The van der Waals surface area contributed by atoms with E-state index < -0.39 is 0 Å². The van der Waals surface area contributed by atoms with Crippen LogP contribution in [0.4, 0.5) is 5.69 Å². The molecule has 2 aromatic heterocycles. The highest BCUT2D eigenvalue weighted by molar-refractivity contribution is 5.86. The van der Waals surface area contributed by atoms with E-state index in [2.05, 4.69) is 51.3 Å². The summed E-state index contributed by atoms with van der Waals surface area (Å²) < 4.78 is 2.27. The molecular weight excluding hydrogens is 284 g/mol. The number of anilines is 1. The largest absolute Gasteiger partial charge is 0.361 e. The zero-order valence-electron chi connectivity index (χ0n) is 12.3. The van der Waals surface area contributed by atoms with E-state index in [0.29, 0.717) is 0 Å². The van der Waals surface area contributed by atoms with E-state index in [4.69, 9.17) is 4.98 Å². The smallest absolute Gasteiger partial charge is 0.145 e. The first kappa shape index (κ1) is 12.4. The molecule has 1 aliphatic rings. The first-order valence-electron chi connectivity index (χ1n) is 7.65. The second-order valence-corrected chi connectivity index (χ2v) is 5.67. The average Bonchev–Trinajstić information content (AvgIpc) is 3.02. The Labute approximate surface area is 133 Å². The van der Waals surface area contributed by atoms with E-state index in [9.17, 15) is 0 Å². The van der Waals surface area contributed by atoms with Crippen molar-refractivity contribution in [2.45, 2.75) is 6.17 Å². The van der Waals surface area contributed by atoms with Gasteiger partial charge in [-0.25, -0.2) is 4.98 Å². The highest BCUT2D eigenvalue weighted by atomic mass is 15.2. The van der Waals surface area contributed by atoms with E-state index in [1.54, 1.807) is 0 Å². The molecule has 1 aliphatic heterocycles. The predicted octanol–water partition coefficient (Wildman–Crippen LogP) is 4.07. The lowest BCUT2D eigenvalue weighted by atomic mass is 10.1. The second-order valence-electron chi connectivity index (χ2n) is 5.67. The summed E-state index contributed by atoms with van der Waals surface area (Å²) in [7, 11) is 0. The molecule has 23 heavy (non-hydrogen) atoms. The van der Waals surface area contributed by atoms with Crippen molar-refractivity contribution in [3.05, 3.63) is 78.6 Å². The topological polar surface area (TPSA) is 42.7 Å². The molecule has 0 spiro atoms. The molecule has 4 aromatic rings. The van der Waals surface area contributed by atoms with Gasteiger partial charge in [-0.1, -0.05) is 24.3 Å². The standard InChI is InChI=1S/C19H14N4/c1-2-6-15-14(5-1)19-22-16-7-3-4-8-17(16)23(19)18(21-15)13-9-11-20-12-10-13/h1-12,18,21H/t18-/m0/s1. The number of imidazole rings is 1. The minimum atomic E-state index is 0.00954. The van der Waals surface area contributed by atoms with Crippen molar-refractivity contribution in [2.24, 2.45) is 0 Å². The molecule has 4 nitrogen and oxygen atoms in total. The number of nitrogens with one attached hydrogen (secondary N) is 1. The van der Waals surface area contributed by atoms with Crippen molar-refractivity contribution in [1.29, 1.82) is 0 Å². The van der Waals surface area contributed by atoms with Crippen LogP contribution < -0.4 is 5.32 Å². The number of aromatic nitrogens is 3. The number of nitrogens with zero attached hydrogens (tertiary/aromatic N) is 3. The Morgan fingerprint density at radius 2 is 1.65 bits per heavy atom. The summed E-state index contributed by atoms with van der Waals surface area (Å²) in [5.74, 6) is 1.00. The van der Waals surface area contributed by atoms with Crippen LogP contribution in [0, 0.1) is 0 Å². The van der Waals surface area contributed by atoms with Gasteiger partial charge in [-0.15, -0.1) is 0 Å². The molecule has 0 fully saturated rings. The summed E-state index contributed by atoms with van der Waals surface area (Å²) >= 11 is 0. The number of pyridine rings is 1. The Hall–Kier alpha value is -3.14. The van der Waals surface area contributed by atoms with Crippen LogP contribution in [0.3, 0.4) is 0 Å². The van der Waals surface area contributed by atoms with Gasteiger partial charge < -0.3 is 5.32 Å². The maximum absolute atomic E-state index is 4.88. The third-order valence-corrected chi connectivity index (χ3v) is 4.34. The van der Waals surface area contributed by atoms with Crippen LogP contribution in [0.15, 0.2) is 73.1 Å². The summed E-state index contributed by atoms with van der Waals surface area (Å²) in [6, 6.07) is 20.7. The van der Waals surface area contributed by atoms with E-state index in [-0.39, 0.29) is 6.17 Å². The first-order chi connectivity index (χ1) is 11.4. The number of hydrogen-bond acceptors (Lipinski definition) is 3. The fourth-order valence-corrected chi connectivity index (χ4v) is 3.29. The van der Waals surface area contributed by atoms with Gasteiger partial charge in [-0.05, 0) is 42.0 Å². The van der Waals surface area contributed by atoms with Crippen LogP contribution in [0.2, 0.25) is 0 Å². The molecule has 1 N–H and O–H groups in total. The Balaban J connectivity index is 1.85. The van der Waals surface area contributed by atoms with Crippen molar-refractivity contribution in [2.75, 3.05) is 5.32 Å². The Morgan fingerprint density at radius 1 is 0.870 bits per heavy atom. The van der Waals surface area contributed by atoms with Crippen LogP contribution >= 0.6 is 0 Å². The molecule has 0 unspecified atom stereocenters. The van der Waals surface area contributed by atoms with Gasteiger partial charge in [0.2, 0.25) is 0 Å². The molecule has 4 heteroatoms. The average molecular weight is 298 g/mol. The third kappa shape index (κ3) is 1.78. The third-order valence-electron chi connectivity index (χ3n) is 4.34. The summed E-state index contributed by atoms with van der Waals surface area (Å²) in [6.07, 6.45) is 3.67. The Kier molecular flexibility index (Phi) is 2.52. The molecule has 0 saturated heterocycles. The second kappa shape index (κ2) is 4.68. The minimum absolute atomic E-state index is 0.00954. The van der Waals surface area contributed by atoms with Gasteiger partial charge in [0, 0.05) is 23.6 Å². The van der Waals surface area contributed by atoms with Gasteiger partial charge in [0.15, 0.2) is 0 Å². The fourth-order valence-electron chi connectivity index (χ4n) is 3.29. The van der Waals surface area contributed by atoms with Crippen LogP contribution in [0.25, 0.3) is 22.4 Å². The number of rotatable bonds is 1. The SMILES string of the molecule is c1ccc2c(c1)N[C@H](c1ccncc1)n1c-2nc2ccccc21. The number of para-hydroxylation sites is 3. The van der Waals surface area contributed by atoms with Crippen molar-refractivity contribution in [1.82, 2.24) is 14.5 Å². The summed E-state index contributed by atoms with van der Waals surface area (Å²) in [5, 5.41) is 3.64. The van der Waals surface area contributed by atoms with Crippen LogP contribution in [0.5, 0.6) is 0 Å². The first-order valence-corrected chi connectivity index (χ1v) is 7.65. The molecule has 0 radical (unpaired) electrons. The Morgan fingerprint density at radius 3 is 2.57 bits per heavy atom. The quantitative estimate of drug-likeness (QED) is 0.576. The molecule has 0 bridgehead atoms. The molecule has 0 aliphatic carbocycles. The molecule has 5 rings (SSSR count). The van der Waals surface area contributed by atoms with Crippen LogP contribution in [-0.4, -0.2) is 14.5 Å². The normalized spacial score (nSPS) is 15.7. The number of hydrogen-bond donors (Lipinski definition) is 1. The number of benzene rings is 2. The highest BCUT2D eigenvalue weighted by Gasteiger charge is 2.27. The predicted molar refractivity (Wildman–Crippen MR) is 91.2 cm³/mol. The van der Waals surface area contributed by atoms with E-state index in [1.807, 2.05) is 36.7 Å². The van der Waals surface area contributed by atoms with Gasteiger partial charge in [0.1, 0.15) is 12.0 Å². The zero-order valence-corrected chi connectivity index (χ0v) is 12.3. The van der Waals surface area contributed by atoms with Crippen molar-refractivity contribution in [3.8, 4) is 11.4 Å². The molecule has 0 saturated carbocycles. The van der Waals surface area contributed by atoms with Gasteiger partial charge in [0.25, 0.3) is 0 Å². The van der Waals surface area contributed by atoms with E-state index >= 15 is 0 Å². The lowest BCUT2D eigenvalue weighted by Gasteiger charge is -2.30. The maximum atomic E-state index is 4.88. The van der Waals surface area contributed by atoms with Gasteiger partial charge in [-0.2, -0.15) is 0 Å². The van der Waals surface area contributed by atoms with Gasteiger partial charge >= 0.3 is 0 Å². The zero-order chi connectivity index (χ0) is 15.2. The van der Waals surface area contributed by atoms with E-state index in [1.165, 1.54) is 5.56 Å². The molecule has 3 heterocycles. The minimum Gasteiger partial charge on any atom is -0.361 e. The van der Waals surface area contributed by atoms with Crippen molar-refractivity contribution >= 4 is 16.7 Å². The van der Waals surface area contributed by atoms with Crippen molar-refractivity contribution < 1.29 is 0 Å². The lowest BCUT2D eigenvalue weighted by Crippen LogP contribution is -2.24. The van der Waals surface area contributed by atoms with Gasteiger partial charge in [0.05, 0.1) is 11.0 Å². The lowest BCUT2D eigenvalue weighted by molar-refractivity contribution is 0.668. The highest BCUT2D eigenvalue weighted by Crippen LogP contribution is 2.40. The maximum Gasteiger partial charge on any atom is 0.145 e. The summed E-state index contributed by atoms with van der Waals surface area (Å²) in [4.78, 5) is 9.02. The summed E-state index contributed by atoms with van der Waals surface area (Å²) in [6.45, 7) is 0. The molecule has 110 valence electrons. The Bertz CT molecular complexity index is 1000. The van der Waals surface area contributed by atoms with Crippen molar-refractivity contribution in [3.63, 3.8) is 0 Å². The fraction of sp³-hybridized carbons (Fsp3) is 0.0526. The molecule has 1 atom stereocenters. The molecule has 0 amide bonds. The molecular formula is C19H14N4.